The number of carbonyl (C=O) groups is 3. The standard InChI is InChI=1S/C31H24N2O4/c34-29(30(35)32-37-31(36)25-11-5-2-6-12-25)27-21-33(28-14-8-7-13-26(27)28)20-24-17-15-23(16-18-24)19-22-9-3-1-4-10-22/h1-18,21H,19-20H2,(H,32,35). The summed E-state index contributed by atoms with van der Waals surface area (Å²) >= 11 is 0. The Labute approximate surface area is 214 Å². The Bertz CT molecular complexity index is 1560. The van der Waals surface area contributed by atoms with E-state index >= 15 is 0 Å². The molecule has 0 atom stereocenters. The van der Waals surface area contributed by atoms with Gasteiger partial charge in [-0.1, -0.05) is 91.0 Å². The number of benzene rings is 4. The Morgan fingerprint density at radius 3 is 2.00 bits per heavy atom. The molecule has 0 saturated carbocycles. The van der Waals surface area contributed by atoms with E-state index in [1.165, 1.54) is 11.1 Å². The number of Topliss-reactive ketones (excluding diaryl/α,β-unsaturated/α-hetero) is 1. The molecule has 5 aromatic rings. The fourth-order valence-corrected chi connectivity index (χ4v) is 4.24. The number of aromatic nitrogens is 1. The van der Waals surface area contributed by atoms with Gasteiger partial charge in [-0.05, 0) is 41.3 Å². The van der Waals surface area contributed by atoms with E-state index in [2.05, 4.69) is 36.4 Å². The van der Waals surface area contributed by atoms with Crippen molar-refractivity contribution in [2.45, 2.75) is 13.0 Å². The zero-order valence-corrected chi connectivity index (χ0v) is 20.0. The zero-order valence-electron chi connectivity index (χ0n) is 20.0. The van der Waals surface area contributed by atoms with Crippen molar-refractivity contribution in [2.24, 2.45) is 0 Å². The highest BCUT2D eigenvalue weighted by Gasteiger charge is 2.23. The molecule has 1 aromatic heterocycles. The number of hydrogen-bond donors (Lipinski definition) is 1. The first-order chi connectivity index (χ1) is 18.1. The molecule has 6 nitrogen and oxygen atoms in total. The van der Waals surface area contributed by atoms with Crippen LogP contribution in [-0.4, -0.2) is 22.2 Å². The first-order valence-corrected chi connectivity index (χ1v) is 11.9. The molecule has 1 heterocycles. The maximum Gasteiger partial charge on any atom is 0.362 e. The minimum Gasteiger partial charge on any atom is -0.342 e. The van der Waals surface area contributed by atoms with Crippen LogP contribution < -0.4 is 5.48 Å². The molecular weight excluding hydrogens is 464 g/mol. The van der Waals surface area contributed by atoms with E-state index in [0.29, 0.717) is 11.9 Å². The summed E-state index contributed by atoms with van der Waals surface area (Å²) in [6, 6.07) is 34.3. The lowest BCUT2D eigenvalue weighted by Gasteiger charge is -2.07. The summed E-state index contributed by atoms with van der Waals surface area (Å²) in [6.07, 6.45) is 2.53. The third-order valence-electron chi connectivity index (χ3n) is 6.11. The van der Waals surface area contributed by atoms with Crippen molar-refractivity contribution in [3.05, 3.63) is 143 Å². The van der Waals surface area contributed by atoms with Crippen molar-refractivity contribution in [2.75, 3.05) is 0 Å². The predicted molar refractivity (Wildman–Crippen MR) is 141 cm³/mol. The van der Waals surface area contributed by atoms with Gasteiger partial charge in [0.15, 0.2) is 0 Å². The lowest BCUT2D eigenvalue weighted by Crippen LogP contribution is -2.33. The molecule has 0 aliphatic carbocycles. The Kier molecular flexibility index (Phi) is 6.90. The van der Waals surface area contributed by atoms with Gasteiger partial charge in [0.25, 0.3) is 5.78 Å². The highest BCUT2D eigenvalue weighted by Crippen LogP contribution is 2.23. The molecule has 4 aromatic carbocycles. The molecule has 0 bridgehead atoms. The van der Waals surface area contributed by atoms with Crippen molar-refractivity contribution in [3.63, 3.8) is 0 Å². The summed E-state index contributed by atoms with van der Waals surface area (Å²) in [7, 11) is 0. The number of hydroxylamine groups is 1. The molecule has 0 unspecified atom stereocenters. The van der Waals surface area contributed by atoms with Crippen LogP contribution in [0.2, 0.25) is 0 Å². The normalized spacial score (nSPS) is 10.7. The van der Waals surface area contributed by atoms with Gasteiger partial charge in [0.05, 0.1) is 11.1 Å². The highest BCUT2D eigenvalue weighted by molar-refractivity contribution is 6.44. The Hall–Kier alpha value is -4.97. The molecule has 37 heavy (non-hydrogen) atoms. The molecule has 0 saturated heterocycles. The van der Waals surface area contributed by atoms with Gasteiger partial charge in [-0.3, -0.25) is 9.59 Å². The fraction of sp³-hybridized carbons (Fsp3) is 0.0645. The topological polar surface area (TPSA) is 77.4 Å². The number of amides is 1. The average Bonchev–Trinajstić information content (AvgIpc) is 3.31. The molecule has 5 rings (SSSR count). The average molecular weight is 489 g/mol. The predicted octanol–water partition coefficient (Wildman–Crippen LogP) is 5.35. The molecule has 1 amide bonds. The van der Waals surface area contributed by atoms with Crippen LogP contribution in [0.25, 0.3) is 10.9 Å². The smallest absolute Gasteiger partial charge is 0.342 e. The van der Waals surface area contributed by atoms with Crippen molar-refractivity contribution in [1.82, 2.24) is 10.0 Å². The van der Waals surface area contributed by atoms with Crippen molar-refractivity contribution in [1.29, 1.82) is 0 Å². The molecular formula is C31H24N2O4. The van der Waals surface area contributed by atoms with E-state index in [9.17, 15) is 14.4 Å². The van der Waals surface area contributed by atoms with E-state index in [4.69, 9.17) is 4.84 Å². The maximum absolute atomic E-state index is 13.0. The molecule has 0 aliphatic heterocycles. The largest absolute Gasteiger partial charge is 0.362 e. The van der Waals surface area contributed by atoms with Crippen LogP contribution in [0.3, 0.4) is 0 Å². The summed E-state index contributed by atoms with van der Waals surface area (Å²) in [5, 5.41) is 0.651. The Morgan fingerprint density at radius 2 is 1.27 bits per heavy atom. The maximum atomic E-state index is 13.0. The van der Waals surface area contributed by atoms with E-state index in [1.54, 1.807) is 42.6 Å². The summed E-state index contributed by atoms with van der Waals surface area (Å²) in [4.78, 5) is 42.4. The third-order valence-corrected chi connectivity index (χ3v) is 6.11. The van der Waals surface area contributed by atoms with Crippen LogP contribution in [0.4, 0.5) is 0 Å². The van der Waals surface area contributed by atoms with Crippen molar-refractivity contribution in [3.8, 4) is 0 Å². The first-order valence-electron chi connectivity index (χ1n) is 11.9. The van der Waals surface area contributed by atoms with E-state index in [-0.39, 0.29) is 11.1 Å². The summed E-state index contributed by atoms with van der Waals surface area (Å²) in [6.45, 7) is 0.532. The number of ketones is 1. The number of nitrogens with one attached hydrogen (secondary N) is 1. The summed E-state index contributed by atoms with van der Waals surface area (Å²) < 4.78 is 1.94. The monoisotopic (exact) mass is 488 g/mol. The lowest BCUT2D eigenvalue weighted by molar-refractivity contribution is -0.125. The SMILES string of the molecule is O=C(NOC(=O)c1ccccc1)C(=O)c1cn(Cc2ccc(Cc3ccccc3)cc2)c2ccccc12. The molecule has 0 fully saturated rings. The summed E-state index contributed by atoms with van der Waals surface area (Å²) in [5.41, 5.74) is 6.85. The van der Waals surface area contributed by atoms with Crippen LogP contribution in [0, 0.1) is 0 Å². The number of hydrogen-bond acceptors (Lipinski definition) is 4. The van der Waals surface area contributed by atoms with Gasteiger partial charge >= 0.3 is 11.9 Å². The van der Waals surface area contributed by atoms with Gasteiger partial charge in [-0.25, -0.2) is 4.79 Å². The molecule has 1 N–H and O–H groups in total. The third kappa shape index (κ3) is 5.49. The van der Waals surface area contributed by atoms with Gasteiger partial charge in [-0.15, -0.1) is 0 Å². The Balaban J connectivity index is 1.30. The van der Waals surface area contributed by atoms with Gasteiger partial charge in [-0.2, -0.15) is 5.48 Å². The van der Waals surface area contributed by atoms with Crippen LogP contribution in [-0.2, 0) is 22.6 Å². The molecule has 0 aliphatic rings. The van der Waals surface area contributed by atoms with Gasteiger partial charge in [0.2, 0.25) is 0 Å². The first kappa shape index (κ1) is 23.8. The zero-order chi connectivity index (χ0) is 25.6. The molecule has 6 heteroatoms. The highest BCUT2D eigenvalue weighted by atomic mass is 16.7. The van der Waals surface area contributed by atoms with Gasteiger partial charge in [0, 0.05) is 23.6 Å². The number of nitrogens with zero attached hydrogens (tertiary/aromatic N) is 1. The van der Waals surface area contributed by atoms with E-state index in [1.807, 2.05) is 46.4 Å². The van der Waals surface area contributed by atoms with Crippen molar-refractivity contribution >= 4 is 28.6 Å². The minimum atomic E-state index is -1.02. The van der Waals surface area contributed by atoms with Crippen LogP contribution in [0.15, 0.2) is 115 Å². The van der Waals surface area contributed by atoms with Gasteiger partial charge < -0.3 is 9.40 Å². The van der Waals surface area contributed by atoms with Gasteiger partial charge in [0.1, 0.15) is 0 Å². The fourth-order valence-electron chi connectivity index (χ4n) is 4.24. The van der Waals surface area contributed by atoms with E-state index < -0.39 is 17.7 Å². The quantitative estimate of drug-likeness (QED) is 0.190. The second-order valence-electron chi connectivity index (χ2n) is 8.68. The number of rotatable bonds is 7. The van der Waals surface area contributed by atoms with Crippen LogP contribution in [0.1, 0.15) is 37.4 Å². The number of carbonyl (C=O) groups excluding carboxylic acids is 3. The second-order valence-corrected chi connectivity index (χ2v) is 8.68. The van der Waals surface area contributed by atoms with E-state index in [0.717, 1.165) is 17.5 Å². The second kappa shape index (κ2) is 10.7. The Morgan fingerprint density at radius 1 is 0.676 bits per heavy atom. The van der Waals surface area contributed by atoms with Crippen LogP contribution >= 0.6 is 0 Å². The number of para-hydroxylation sites is 1. The van der Waals surface area contributed by atoms with Crippen molar-refractivity contribution < 1.29 is 19.2 Å². The molecule has 0 radical (unpaired) electrons. The minimum absolute atomic E-state index is 0.240. The molecule has 0 spiro atoms. The molecule has 182 valence electrons. The lowest BCUT2D eigenvalue weighted by atomic mass is 10.0. The van der Waals surface area contributed by atoms with Crippen LogP contribution in [0.5, 0.6) is 0 Å². The summed E-state index contributed by atoms with van der Waals surface area (Å²) in [5.74, 6) is -2.55. The number of fused-ring (bicyclic) bond motifs is 1.